The van der Waals surface area contributed by atoms with E-state index in [-0.39, 0.29) is 0 Å². The maximum atomic E-state index is 9.06. The molecule has 106 valence electrons. The van der Waals surface area contributed by atoms with Gasteiger partial charge in [0.05, 0.1) is 34.8 Å². The van der Waals surface area contributed by atoms with Crippen LogP contribution in [0.1, 0.15) is 20.3 Å². The molecule has 0 aliphatic heterocycles. The predicted octanol–water partition coefficient (Wildman–Crippen LogP) is 5.23. The molecule has 0 rings (SSSR count). The second-order valence-electron chi connectivity index (χ2n) is 3.62. The molecule has 5 heteroatoms. The highest BCUT2D eigenvalue weighted by molar-refractivity contribution is 14.1. The fourth-order valence-electron chi connectivity index (χ4n) is 1.11. The van der Waals surface area contributed by atoms with Crippen molar-refractivity contribution in [2.75, 3.05) is 5.75 Å². The highest BCUT2D eigenvalue weighted by Gasteiger charge is 2.02. The van der Waals surface area contributed by atoms with Gasteiger partial charge < -0.3 is 10.2 Å². The van der Waals surface area contributed by atoms with Gasteiger partial charge >= 0.3 is 0 Å². The van der Waals surface area contributed by atoms with E-state index in [9.17, 15) is 0 Å². The van der Waals surface area contributed by atoms with E-state index < -0.39 is 0 Å². The first kappa shape index (κ1) is 18.2. The van der Waals surface area contributed by atoms with Crippen molar-refractivity contribution in [3.05, 3.63) is 60.3 Å². The maximum absolute atomic E-state index is 9.06. The van der Waals surface area contributed by atoms with Gasteiger partial charge in [0, 0.05) is 5.75 Å². The van der Waals surface area contributed by atoms with Crippen LogP contribution in [0.3, 0.4) is 0 Å². The van der Waals surface area contributed by atoms with Gasteiger partial charge in [-0.05, 0) is 44.4 Å². The van der Waals surface area contributed by atoms with Crippen molar-refractivity contribution in [2.45, 2.75) is 20.3 Å². The molecule has 3 nitrogen and oxygen atoms in total. The first-order valence-electron chi connectivity index (χ1n) is 5.83. The zero-order valence-electron chi connectivity index (χ0n) is 11.2. The molecule has 0 atom stereocenters. The van der Waals surface area contributed by atoms with Crippen molar-refractivity contribution >= 4 is 34.8 Å². The summed E-state index contributed by atoms with van der Waals surface area (Å²) in [7, 11) is 0. The van der Waals surface area contributed by atoms with Gasteiger partial charge in [-0.3, -0.25) is 2.52 Å². The highest BCUT2D eigenvalue weighted by atomic mass is 127. The smallest absolute Gasteiger partial charge is 0.104 e. The van der Waals surface area contributed by atoms with Crippen LogP contribution in [-0.4, -0.2) is 18.5 Å². The van der Waals surface area contributed by atoms with Crippen molar-refractivity contribution in [2.24, 2.45) is 0 Å². The van der Waals surface area contributed by atoms with Crippen molar-refractivity contribution in [1.29, 1.82) is 0 Å². The molecular formula is C14H20INO2S. The van der Waals surface area contributed by atoms with Gasteiger partial charge in [0.25, 0.3) is 0 Å². The van der Waals surface area contributed by atoms with E-state index in [0.717, 1.165) is 30.4 Å². The third kappa shape index (κ3) is 9.72. The largest absolute Gasteiger partial charge is 0.516 e. The fourth-order valence-corrected chi connectivity index (χ4v) is 2.49. The van der Waals surface area contributed by atoms with E-state index >= 15 is 0 Å². The molecule has 0 bridgehead atoms. The molecule has 0 radical (unpaired) electrons. The van der Waals surface area contributed by atoms with Crippen LogP contribution in [-0.2, 0) is 0 Å². The average molecular weight is 393 g/mol. The molecule has 0 aromatic carbocycles. The molecule has 0 fully saturated rings. The summed E-state index contributed by atoms with van der Waals surface area (Å²) in [6.07, 6.45) is 14.4. The number of aliphatic hydroxyl groups excluding tert-OH is 2. The summed E-state index contributed by atoms with van der Waals surface area (Å²) in [6.45, 7) is 3.93. The summed E-state index contributed by atoms with van der Waals surface area (Å²) in [4.78, 5) is 0. The molecule has 0 amide bonds. The Bertz CT molecular complexity index is 387. The summed E-state index contributed by atoms with van der Waals surface area (Å²) in [5, 5.41) is 17.6. The number of rotatable bonds is 8. The van der Waals surface area contributed by atoms with Gasteiger partial charge in [0.1, 0.15) is 6.26 Å². The first-order valence-corrected chi connectivity index (χ1v) is 7.73. The standard InChI is InChI=1S/C14H20INO2S/c1-3-7-14(12-18)16(15)19-11-5-4-8-13(2)9-6-10-17/h3-7,9-10,12,17-18H,8,11H2,1-2H3/b5-4+,7-3-,10-6-,13-9-,14-12+. The van der Waals surface area contributed by atoms with Crippen molar-refractivity contribution in [3.63, 3.8) is 0 Å². The molecule has 0 aliphatic carbocycles. The monoisotopic (exact) mass is 393 g/mol. The summed E-state index contributed by atoms with van der Waals surface area (Å²) >= 11 is 3.74. The van der Waals surface area contributed by atoms with Crippen molar-refractivity contribution in [3.8, 4) is 0 Å². The Kier molecular flexibility index (Phi) is 11.7. The minimum atomic E-state index is 0.755. The molecule has 0 aromatic rings. The lowest BCUT2D eigenvalue weighted by molar-refractivity contribution is 0.464. The summed E-state index contributed by atoms with van der Waals surface area (Å²) in [5.41, 5.74) is 1.94. The average Bonchev–Trinajstić information content (AvgIpc) is 2.41. The van der Waals surface area contributed by atoms with E-state index in [0.29, 0.717) is 0 Å². The van der Waals surface area contributed by atoms with Gasteiger partial charge in [0.2, 0.25) is 0 Å². The molecular weight excluding hydrogens is 373 g/mol. The summed E-state index contributed by atoms with van der Waals surface area (Å²) < 4.78 is 1.89. The van der Waals surface area contributed by atoms with Crippen LogP contribution in [0.15, 0.2) is 60.3 Å². The Morgan fingerprint density at radius 1 is 1.32 bits per heavy atom. The van der Waals surface area contributed by atoms with Gasteiger partial charge in [-0.15, -0.1) is 0 Å². The van der Waals surface area contributed by atoms with Crippen LogP contribution < -0.4 is 0 Å². The van der Waals surface area contributed by atoms with Gasteiger partial charge in [-0.2, -0.15) is 0 Å². The second kappa shape index (κ2) is 12.2. The first-order chi connectivity index (χ1) is 9.15. The van der Waals surface area contributed by atoms with Crippen LogP contribution in [0.5, 0.6) is 0 Å². The summed E-state index contributed by atoms with van der Waals surface area (Å²) in [5.74, 6) is 0.834. The van der Waals surface area contributed by atoms with E-state index in [1.807, 2.05) is 34.6 Å². The number of hydrogen-bond donors (Lipinski definition) is 2. The zero-order valence-corrected chi connectivity index (χ0v) is 14.1. The van der Waals surface area contributed by atoms with E-state index in [4.69, 9.17) is 10.2 Å². The predicted molar refractivity (Wildman–Crippen MR) is 93.1 cm³/mol. The molecule has 0 unspecified atom stereocenters. The van der Waals surface area contributed by atoms with Gasteiger partial charge in [-0.25, -0.2) is 0 Å². The van der Waals surface area contributed by atoms with Crippen LogP contribution >= 0.6 is 34.8 Å². The molecule has 0 spiro atoms. The lowest BCUT2D eigenvalue weighted by Crippen LogP contribution is -1.99. The normalized spacial score (nSPS) is 14.1. The Hall–Kier alpha value is -0.820. The molecule has 0 aromatic heterocycles. The maximum Gasteiger partial charge on any atom is 0.104 e. The van der Waals surface area contributed by atoms with Crippen LogP contribution in [0.25, 0.3) is 0 Å². The fraction of sp³-hybridized carbons (Fsp3) is 0.286. The molecule has 0 saturated heterocycles. The Morgan fingerprint density at radius 2 is 2.05 bits per heavy atom. The minimum absolute atomic E-state index is 0.755. The number of aliphatic hydroxyl groups is 2. The number of hydrogen-bond acceptors (Lipinski definition) is 4. The molecule has 0 aliphatic rings. The third-order valence-corrected chi connectivity index (χ3v) is 4.20. The lowest BCUT2D eigenvalue weighted by Gasteiger charge is -2.13. The number of nitrogens with zero attached hydrogens (tertiary/aromatic N) is 1. The molecule has 0 saturated carbocycles. The van der Waals surface area contributed by atoms with E-state index in [1.54, 1.807) is 18.0 Å². The van der Waals surface area contributed by atoms with Crippen LogP contribution in [0, 0.1) is 0 Å². The van der Waals surface area contributed by atoms with E-state index in [1.165, 1.54) is 5.57 Å². The Balaban J connectivity index is 4.03. The Morgan fingerprint density at radius 3 is 2.63 bits per heavy atom. The SMILES string of the molecule is C/C=C\C(=C/O)N(I)SC/C=C/C/C(C)=C\C=C/O. The molecule has 0 heterocycles. The topological polar surface area (TPSA) is 43.7 Å². The third-order valence-electron chi connectivity index (χ3n) is 2.03. The number of allylic oxidation sites excluding steroid dienone is 6. The van der Waals surface area contributed by atoms with Crippen molar-refractivity contribution in [1.82, 2.24) is 2.52 Å². The second-order valence-corrected chi connectivity index (χ2v) is 6.20. The van der Waals surface area contributed by atoms with E-state index in [2.05, 4.69) is 35.0 Å². The summed E-state index contributed by atoms with van der Waals surface area (Å²) in [6, 6.07) is 0. The molecule has 2 N–H and O–H groups in total. The van der Waals surface area contributed by atoms with Crippen molar-refractivity contribution < 1.29 is 10.2 Å². The molecule has 19 heavy (non-hydrogen) atoms. The van der Waals surface area contributed by atoms with Gasteiger partial charge in [-0.1, -0.05) is 29.9 Å². The lowest BCUT2D eigenvalue weighted by atomic mass is 10.2. The van der Waals surface area contributed by atoms with Crippen LogP contribution in [0.4, 0.5) is 0 Å². The van der Waals surface area contributed by atoms with Crippen LogP contribution in [0.2, 0.25) is 0 Å². The van der Waals surface area contributed by atoms with Gasteiger partial charge in [0.15, 0.2) is 0 Å². The number of halogens is 1. The zero-order chi connectivity index (χ0) is 14.5. The minimum Gasteiger partial charge on any atom is -0.516 e. The Labute approximate surface area is 133 Å². The highest BCUT2D eigenvalue weighted by Crippen LogP contribution is 2.23. The quantitative estimate of drug-likeness (QED) is 0.148.